The van der Waals surface area contributed by atoms with Gasteiger partial charge in [0, 0.05) is 18.8 Å². The summed E-state index contributed by atoms with van der Waals surface area (Å²) in [7, 11) is 0. The van der Waals surface area contributed by atoms with Gasteiger partial charge in [-0.15, -0.1) is 0 Å². The fraction of sp³-hybridized carbons (Fsp3) is 0.450. The second kappa shape index (κ2) is 8.35. The van der Waals surface area contributed by atoms with Gasteiger partial charge >= 0.3 is 0 Å². The van der Waals surface area contributed by atoms with E-state index in [-0.39, 0.29) is 24.5 Å². The summed E-state index contributed by atoms with van der Waals surface area (Å²) in [4.78, 5) is 31.3. The number of aryl methyl sites for hydroxylation is 1. The van der Waals surface area contributed by atoms with Gasteiger partial charge in [-0.25, -0.2) is 4.98 Å². The van der Waals surface area contributed by atoms with Crippen LogP contribution in [0.25, 0.3) is 0 Å². The summed E-state index contributed by atoms with van der Waals surface area (Å²) in [5, 5.41) is 2.94. The maximum atomic E-state index is 12.9. The number of carbonyl (C=O) groups excluding carboxylic acids is 2. The molecule has 0 bridgehead atoms. The molecule has 144 valence electrons. The minimum atomic E-state index is -0.759. The summed E-state index contributed by atoms with van der Waals surface area (Å²) in [6.45, 7) is 6.99. The molecule has 7 nitrogen and oxygen atoms in total. The van der Waals surface area contributed by atoms with E-state index < -0.39 is 12.1 Å². The van der Waals surface area contributed by atoms with Crippen molar-refractivity contribution < 1.29 is 14.3 Å². The number of morpholine rings is 1. The van der Waals surface area contributed by atoms with Crippen LogP contribution in [0.1, 0.15) is 38.1 Å². The summed E-state index contributed by atoms with van der Waals surface area (Å²) in [5.41, 5.74) is 1.81. The number of ether oxygens (including phenoxy) is 1. The van der Waals surface area contributed by atoms with Crippen LogP contribution in [0.3, 0.4) is 0 Å². The third kappa shape index (κ3) is 4.03. The number of amides is 2. The predicted molar refractivity (Wildman–Crippen MR) is 101 cm³/mol. The molecule has 27 heavy (non-hydrogen) atoms. The summed E-state index contributed by atoms with van der Waals surface area (Å²) in [6.07, 6.45) is 2.72. The molecule has 2 aromatic rings. The topological polar surface area (TPSA) is 76.5 Å². The zero-order chi connectivity index (χ0) is 19.4. The molecule has 2 unspecified atom stereocenters. The Bertz CT molecular complexity index is 788. The Hall–Kier alpha value is -2.67. The highest BCUT2D eigenvalue weighted by Gasteiger charge is 2.42. The van der Waals surface area contributed by atoms with Crippen LogP contribution in [0.15, 0.2) is 42.9 Å². The van der Waals surface area contributed by atoms with E-state index in [2.05, 4.69) is 10.3 Å². The van der Waals surface area contributed by atoms with E-state index in [0.29, 0.717) is 6.54 Å². The van der Waals surface area contributed by atoms with Crippen molar-refractivity contribution in [2.45, 2.75) is 52.0 Å². The van der Waals surface area contributed by atoms with Crippen LogP contribution < -0.4 is 5.32 Å². The van der Waals surface area contributed by atoms with E-state index in [1.807, 2.05) is 55.7 Å². The predicted octanol–water partition coefficient (Wildman–Crippen LogP) is 1.90. The van der Waals surface area contributed by atoms with Crippen molar-refractivity contribution in [3.8, 4) is 0 Å². The van der Waals surface area contributed by atoms with Gasteiger partial charge in [0.2, 0.25) is 5.91 Å². The van der Waals surface area contributed by atoms with Crippen molar-refractivity contribution in [3.63, 3.8) is 0 Å². The molecule has 1 N–H and O–H groups in total. The average Bonchev–Trinajstić information content (AvgIpc) is 3.13. The Labute approximate surface area is 159 Å². The van der Waals surface area contributed by atoms with Gasteiger partial charge in [-0.1, -0.05) is 30.3 Å². The van der Waals surface area contributed by atoms with E-state index in [4.69, 9.17) is 4.74 Å². The monoisotopic (exact) mass is 370 g/mol. The molecule has 1 aromatic carbocycles. The maximum absolute atomic E-state index is 12.9. The Morgan fingerprint density at radius 1 is 1.33 bits per heavy atom. The highest BCUT2D eigenvalue weighted by Crippen LogP contribution is 2.32. The molecule has 0 aliphatic carbocycles. The number of hydrogen-bond acceptors (Lipinski definition) is 4. The molecule has 2 amide bonds. The Kier molecular flexibility index (Phi) is 5.91. The number of carbonyl (C=O) groups is 2. The molecule has 7 heteroatoms. The fourth-order valence-electron chi connectivity index (χ4n) is 3.50. The van der Waals surface area contributed by atoms with Gasteiger partial charge in [0.05, 0.1) is 24.6 Å². The lowest BCUT2D eigenvalue weighted by atomic mass is 9.96. The molecule has 0 radical (unpaired) electrons. The van der Waals surface area contributed by atoms with E-state index in [1.165, 1.54) is 0 Å². The third-order valence-corrected chi connectivity index (χ3v) is 4.80. The van der Waals surface area contributed by atoms with Crippen LogP contribution in [0, 0.1) is 0 Å². The molecule has 1 saturated heterocycles. The van der Waals surface area contributed by atoms with E-state index in [0.717, 1.165) is 17.8 Å². The Balaban J connectivity index is 1.82. The molecular weight excluding hydrogens is 344 g/mol. The van der Waals surface area contributed by atoms with Gasteiger partial charge in [0.25, 0.3) is 5.91 Å². The molecule has 1 aromatic heterocycles. The second-order valence-electron chi connectivity index (χ2n) is 6.87. The van der Waals surface area contributed by atoms with Crippen molar-refractivity contribution in [1.29, 1.82) is 0 Å². The standard InChI is InChI=1S/C20H26N4O3/c1-4-23-13-21-10-16(23)11-22-20(26)19-18(15-8-6-5-7-9-15)24(14(2)3)17(25)12-27-19/h5-10,13-14,18-19H,4,11-12H2,1-3H3,(H,22,26). The van der Waals surface area contributed by atoms with Gasteiger partial charge in [0.15, 0.2) is 6.10 Å². The van der Waals surface area contributed by atoms with Gasteiger partial charge in [0.1, 0.15) is 6.61 Å². The van der Waals surface area contributed by atoms with E-state index >= 15 is 0 Å². The summed E-state index contributed by atoms with van der Waals surface area (Å²) >= 11 is 0. The van der Waals surface area contributed by atoms with Crippen molar-refractivity contribution in [1.82, 2.24) is 19.8 Å². The van der Waals surface area contributed by atoms with Gasteiger partial charge in [-0.2, -0.15) is 0 Å². The lowest BCUT2D eigenvalue weighted by Gasteiger charge is -2.42. The number of benzene rings is 1. The minimum Gasteiger partial charge on any atom is -0.356 e. The highest BCUT2D eigenvalue weighted by molar-refractivity contribution is 5.86. The first-order valence-electron chi connectivity index (χ1n) is 9.27. The van der Waals surface area contributed by atoms with Crippen LogP contribution in [0.4, 0.5) is 0 Å². The summed E-state index contributed by atoms with van der Waals surface area (Å²) in [5.74, 6) is -0.335. The van der Waals surface area contributed by atoms with Crippen LogP contribution in [-0.2, 0) is 27.4 Å². The molecule has 0 spiro atoms. The van der Waals surface area contributed by atoms with Gasteiger partial charge < -0.3 is 19.5 Å². The number of hydrogen-bond donors (Lipinski definition) is 1. The van der Waals surface area contributed by atoms with Crippen LogP contribution in [-0.4, -0.2) is 45.0 Å². The molecule has 1 fully saturated rings. The zero-order valence-corrected chi connectivity index (χ0v) is 16.0. The molecule has 2 atom stereocenters. The lowest BCUT2D eigenvalue weighted by Crippen LogP contribution is -2.56. The lowest BCUT2D eigenvalue weighted by molar-refractivity contribution is -0.167. The van der Waals surface area contributed by atoms with Crippen molar-refractivity contribution in [3.05, 3.63) is 54.1 Å². The van der Waals surface area contributed by atoms with Crippen LogP contribution in [0.5, 0.6) is 0 Å². The zero-order valence-electron chi connectivity index (χ0n) is 16.0. The first-order valence-corrected chi connectivity index (χ1v) is 9.27. The Morgan fingerprint density at radius 2 is 2.07 bits per heavy atom. The smallest absolute Gasteiger partial charge is 0.252 e. The van der Waals surface area contributed by atoms with E-state index in [1.54, 1.807) is 17.4 Å². The molecule has 2 heterocycles. The third-order valence-electron chi connectivity index (χ3n) is 4.80. The largest absolute Gasteiger partial charge is 0.356 e. The molecule has 3 rings (SSSR count). The fourth-order valence-corrected chi connectivity index (χ4v) is 3.50. The molecule has 1 aliphatic heterocycles. The number of nitrogens with one attached hydrogen (secondary N) is 1. The summed E-state index contributed by atoms with van der Waals surface area (Å²) in [6, 6.07) is 9.08. The van der Waals surface area contributed by atoms with Crippen LogP contribution >= 0.6 is 0 Å². The second-order valence-corrected chi connectivity index (χ2v) is 6.87. The first kappa shape index (κ1) is 19.1. The maximum Gasteiger partial charge on any atom is 0.252 e. The first-order chi connectivity index (χ1) is 13.0. The van der Waals surface area contributed by atoms with Crippen LogP contribution in [0.2, 0.25) is 0 Å². The quantitative estimate of drug-likeness (QED) is 0.843. The van der Waals surface area contributed by atoms with Crippen molar-refractivity contribution in [2.24, 2.45) is 0 Å². The number of nitrogens with zero attached hydrogens (tertiary/aromatic N) is 3. The van der Waals surface area contributed by atoms with Gasteiger partial charge in [-0.05, 0) is 26.3 Å². The summed E-state index contributed by atoms with van der Waals surface area (Å²) < 4.78 is 7.67. The Morgan fingerprint density at radius 3 is 2.74 bits per heavy atom. The average molecular weight is 370 g/mol. The van der Waals surface area contributed by atoms with Gasteiger partial charge in [-0.3, -0.25) is 9.59 Å². The number of aromatic nitrogens is 2. The molecular formula is C20H26N4O3. The SMILES string of the molecule is CCn1cncc1CNC(=O)C1OCC(=O)N(C(C)C)C1c1ccccc1. The molecule has 1 aliphatic rings. The number of rotatable bonds is 6. The minimum absolute atomic E-state index is 0.0385. The van der Waals surface area contributed by atoms with Crippen molar-refractivity contribution in [2.75, 3.05) is 6.61 Å². The normalized spacial score (nSPS) is 20.1. The van der Waals surface area contributed by atoms with Crippen molar-refractivity contribution >= 4 is 11.8 Å². The molecule has 0 saturated carbocycles. The highest BCUT2D eigenvalue weighted by atomic mass is 16.5. The number of imidazole rings is 1. The van der Waals surface area contributed by atoms with E-state index in [9.17, 15) is 9.59 Å².